The van der Waals surface area contributed by atoms with Crippen LogP contribution >= 0.6 is 34.8 Å². The third-order valence-electron chi connectivity index (χ3n) is 2.97. The summed E-state index contributed by atoms with van der Waals surface area (Å²) >= 11 is 17.7. The number of hydrogen-bond donors (Lipinski definition) is 1. The van der Waals surface area contributed by atoms with Gasteiger partial charge in [0.1, 0.15) is 5.82 Å². The molecule has 0 bridgehead atoms. The number of hydrogen-bond acceptors (Lipinski definition) is 2. The van der Waals surface area contributed by atoms with Gasteiger partial charge in [-0.1, -0.05) is 46.9 Å². The average molecular weight is 334 g/mol. The van der Waals surface area contributed by atoms with Gasteiger partial charge in [-0.3, -0.25) is 4.98 Å². The average Bonchev–Trinajstić information content (AvgIpc) is 2.41. The van der Waals surface area contributed by atoms with Crippen LogP contribution in [0.4, 0.5) is 4.39 Å². The molecule has 0 spiro atoms. The number of rotatable bonds is 4. The first-order valence-corrected chi connectivity index (χ1v) is 7.07. The van der Waals surface area contributed by atoms with Crippen LogP contribution in [0.2, 0.25) is 15.1 Å². The second-order valence-corrected chi connectivity index (χ2v) is 5.53. The van der Waals surface area contributed by atoms with Gasteiger partial charge in [-0.2, -0.15) is 0 Å². The summed E-state index contributed by atoms with van der Waals surface area (Å²) in [6.45, 7) is 0. The Labute approximate surface area is 131 Å². The van der Waals surface area contributed by atoms with Crippen LogP contribution in [-0.4, -0.2) is 12.0 Å². The molecule has 1 unspecified atom stereocenters. The number of nitrogens with zero attached hydrogens (tertiary/aromatic N) is 1. The van der Waals surface area contributed by atoms with Crippen molar-refractivity contribution in [3.8, 4) is 0 Å². The van der Waals surface area contributed by atoms with Gasteiger partial charge >= 0.3 is 0 Å². The van der Waals surface area contributed by atoms with Crippen LogP contribution in [0.15, 0.2) is 30.5 Å². The fraction of sp³-hybridized carbons (Fsp3) is 0.214. The first-order valence-electron chi connectivity index (χ1n) is 5.94. The Morgan fingerprint density at radius 1 is 1.25 bits per heavy atom. The summed E-state index contributed by atoms with van der Waals surface area (Å²) in [6, 6.07) is 6.30. The fourth-order valence-electron chi connectivity index (χ4n) is 1.94. The molecule has 1 aromatic carbocycles. The third-order valence-corrected chi connectivity index (χ3v) is 3.77. The van der Waals surface area contributed by atoms with E-state index in [9.17, 15) is 4.39 Å². The van der Waals surface area contributed by atoms with E-state index in [4.69, 9.17) is 34.8 Å². The smallest absolute Gasteiger partial charge is 0.145 e. The van der Waals surface area contributed by atoms with E-state index in [1.54, 1.807) is 25.2 Å². The lowest BCUT2D eigenvalue weighted by molar-refractivity contribution is 0.545. The maximum absolute atomic E-state index is 13.9. The molecule has 2 rings (SSSR count). The Hall–Kier alpha value is -0.870. The normalized spacial score (nSPS) is 12.4. The molecule has 0 saturated carbocycles. The lowest BCUT2D eigenvalue weighted by atomic mass is 10.0. The lowest BCUT2D eigenvalue weighted by Crippen LogP contribution is -2.21. The summed E-state index contributed by atoms with van der Waals surface area (Å²) in [6.07, 6.45) is 1.90. The van der Waals surface area contributed by atoms with E-state index < -0.39 is 5.82 Å². The number of aromatic nitrogens is 1. The van der Waals surface area contributed by atoms with E-state index in [0.717, 1.165) is 0 Å². The molecule has 1 aromatic heterocycles. The molecule has 0 amide bonds. The van der Waals surface area contributed by atoms with Crippen molar-refractivity contribution in [3.63, 3.8) is 0 Å². The first kappa shape index (κ1) is 15.5. The quantitative estimate of drug-likeness (QED) is 0.878. The molecule has 1 N–H and O–H groups in total. The van der Waals surface area contributed by atoms with E-state index in [-0.39, 0.29) is 11.1 Å². The molecule has 0 aliphatic carbocycles. The van der Waals surface area contributed by atoms with Crippen LogP contribution in [0.5, 0.6) is 0 Å². The molecule has 0 aliphatic heterocycles. The van der Waals surface area contributed by atoms with E-state index in [1.165, 1.54) is 12.3 Å². The molecule has 2 aromatic rings. The molecule has 0 saturated heterocycles. The van der Waals surface area contributed by atoms with Gasteiger partial charge in [0.2, 0.25) is 0 Å². The van der Waals surface area contributed by atoms with Gasteiger partial charge in [-0.05, 0) is 31.2 Å². The fourth-order valence-corrected chi connectivity index (χ4v) is 2.65. The number of nitrogens with one attached hydrogen (secondary N) is 1. The Balaban J connectivity index is 2.31. The van der Waals surface area contributed by atoms with Crippen molar-refractivity contribution < 1.29 is 4.39 Å². The minimum Gasteiger partial charge on any atom is -0.311 e. The maximum atomic E-state index is 13.9. The van der Waals surface area contributed by atoms with Crippen molar-refractivity contribution in [2.45, 2.75) is 12.5 Å². The van der Waals surface area contributed by atoms with Gasteiger partial charge in [-0.15, -0.1) is 0 Å². The first-order chi connectivity index (χ1) is 9.52. The van der Waals surface area contributed by atoms with Crippen molar-refractivity contribution >= 4 is 34.8 Å². The van der Waals surface area contributed by atoms with Crippen molar-refractivity contribution in [1.29, 1.82) is 0 Å². The van der Waals surface area contributed by atoms with Crippen molar-refractivity contribution in [2.24, 2.45) is 0 Å². The zero-order chi connectivity index (χ0) is 14.7. The molecule has 1 heterocycles. The molecule has 2 nitrogen and oxygen atoms in total. The Kier molecular flexibility index (Phi) is 5.22. The minimum absolute atomic E-state index is 0.104. The highest BCUT2D eigenvalue weighted by Crippen LogP contribution is 2.28. The summed E-state index contributed by atoms with van der Waals surface area (Å²) in [5, 5.41) is 4.08. The standard InChI is InChI=1S/C14H12Cl3FN2/c1-19-12(14-11(17)6-9(15)7-20-14)5-8-3-2-4-10(16)13(8)18/h2-4,6-7,12,19H,5H2,1H3. The van der Waals surface area contributed by atoms with Crippen molar-refractivity contribution in [1.82, 2.24) is 10.3 Å². The molecular formula is C14H12Cl3FN2. The van der Waals surface area contributed by atoms with E-state index in [1.807, 2.05) is 0 Å². The van der Waals surface area contributed by atoms with Gasteiger partial charge in [0.05, 0.1) is 26.8 Å². The summed E-state index contributed by atoms with van der Waals surface area (Å²) in [4.78, 5) is 4.22. The zero-order valence-corrected chi connectivity index (χ0v) is 12.9. The van der Waals surface area contributed by atoms with Crippen LogP contribution in [-0.2, 0) is 6.42 Å². The van der Waals surface area contributed by atoms with Crippen LogP contribution < -0.4 is 5.32 Å². The molecular weight excluding hydrogens is 322 g/mol. The summed E-state index contributed by atoms with van der Waals surface area (Å²) in [5.41, 5.74) is 1.13. The van der Waals surface area contributed by atoms with E-state index in [2.05, 4.69) is 10.3 Å². The zero-order valence-electron chi connectivity index (χ0n) is 10.6. The highest BCUT2D eigenvalue weighted by molar-refractivity contribution is 6.34. The number of pyridine rings is 1. The molecule has 1 atom stereocenters. The Bertz CT molecular complexity index is 619. The minimum atomic E-state index is -0.417. The van der Waals surface area contributed by atoms with E-state index >= 15 is 0 Å². The predicted octanol–water partition coefficient (Wildman–Crippen LogP) is 4.68. The number of halogens is 4. The van der Waals surface area contributed by atoms with Crippen LogP contribution in [0.3, 0.4) is 0 Å². The van der Waals surface area contributed by atoms with Crippen molar-refractivity contribution in [2.75, 3.05) is 7.05 Å². The molecule has 0 aliphatic rings. The second kappa shape index (κ2) is 6.72. The van der Waals surface area contributed by atoms with Gasteiger partial charge in [0.15, 0.2) is 0 Å². The molecule has 6 heteroatoms. The summed E-state index contributed by atoms with van der Waals surface area (Å²) in [7, 11) is 1.76. The molecule has 20 heavy (non-hydrogen) atoms. The van der Waals surface area contributed by atoms with Crippen LogP contribution in [0.25, 0.3) is 0 Å². The van der Waals surface area contributed by atoms with Gasteiger partial charge < -0.3 is 5.32 Å². The number of likely N-dealkylation sites (N-methyl/N-ethyl adjacent to an activating group) is 1. The SMILES string of the molecule is CNC(Cc1cccc(Cl)c1F)c1ncc(Cl)cc1Cl. The summed E-state index contributed by atoms with van der Waals surface area (Å²) in [5.74, 6) is -0.417. The van der Waals surface area contributed by atoms with E-state index in [0.29, 0.717) is 27.7 Å². The van der Waals surface area contributed by atoms with Gasteiger partial charge in [-0.25, -0.2) is 4.39 Å². The maximum Gasteiger partial charge on any atom is 0.145 e. The van der Waals surface area contributed by atoms with Crippen molar-refractivity contribution in [3.05, 3.63) is 62.6 Å². The van der Waals surface area contributed by atoms with Gasteiger partial charge in [0, 0.05) is 6.20 Å². The lowest BCUT2D eigenvalue weighted by Gasteiger charge is -2.17. The molecule has 0 fully saturated rings. The Morgan fingerprint density at radius 2 is 2.00 bits per heavy atom. The largest absolute Gasteiger partial charge is 0.311 e. The third kappa shape index (κ3) is 3.41. The Morgan fingerprint density at radius 3 is 2.65 bits per heavy atom. The second-order valence-electron chi connectivity index (χ2n) is 4.28. The topological polar surface area (TPSA) is 24.9 Å². The number of benzene rings is 1. The monoisotopic (exact) mass is 332 g/mol. The van der Waals surface area contributed by atoms with Crippen LogP contribution in [0, 0.1) is 5.82 Å². The predicted molar refractivity (Wildman–Crippen MR) is 81.2 cm³/mol. The molecule has 0 radical (unpaired) electrons. The van der Waals surface area contributed by atoms with Crippen LogP contribution in [0.1, 0.15) is 17.3 Å². The summed E-state index contributed by atoms with van der Waals surface area (Å²) < 4.78 is 13.9. The van der Waals surface area contributed by atoms with Gasteiger partial charge in [0.25, 0.3) is 0 Å². The molecule has 106 valence electrons. The highest BCUT2D eigenvalue weighted by atomic mass is 35.5. The highest BCUT2D eigenvalue weighted by Gasteiger charge is 2.18.